The maximum atomic E-state index is 13.3. The quantitative estimate of drug-likeness (QED) is 0.199. The van der Waals surface area contributed by atoms with Crippen LogP contribution in [0.3, 0.4) is 0 Å². The van der Waals surface area contributed by atoms with Crippen molar-refractivity contribution in [1.29, 1.82) is 0 Å². The van der Waals surface area contributed by atoms with Crippen molar-refractivity contribution in [2.45, 2.75) is 37.4 Å². The Balaban J connectivity index is 1.55. The fraction of sp³-hybridized carbons (Fsp3) is 0.421. The maximum Gasteiger partial charge on any atom is 0.340 e. The zero-order valence-electron chi connectivity index (χ0n) is 19.0. The van der Waals surface area contributed by atoms with Gasteiger partial charge in [-0.3, -0.25) is 9.13 Å². The molecule has 1 aromatic carbocycles. The average molecular weight is 582 g/mol. The highest BCUT2D eigenvalue weighted by Gasteiger charge is 2.46. The molecule has 6 atom stereocenters. The van der Waals surface area contributed by atoms with Gasteiger partial charge in [0, 0.05) is 0 Å². The van der Waals surface area contributed by atoms with Gasteiger partial charge in [-0.05, 0) is 36.2 Å². The van der Waals surface area contributed by atoms with Gasteiger partial charge in [0.2, 0.25) is 5.28 Å². The van der Waals surface area contributed by atoms with E-state index in [1.165, 1.54) is 22.8 Å². The summed E-state index contributed by atoms with van der Waals surface area (Å²) in [7, 11) is -9.56. The average Bonchev–Trinajstić information content (AvgIpc) is 3.32. The summed E-state index contributed by atoms with van der Waals surface area (Å²) >= 11 is 6.10. The molecule has 0 saturated carbocycles. The molecule has 0 aliphatic carbocycles. The number of halogens is 2. The van der Waals surface area contributed by atoms with Crippen LogP contribution in [0.25, 0.3) is 5.65 Å². The molecular weight excluding hydrogens is 559 g/mol. The van der Waals surface area contributed by atoms with Crippen LogP contribution in [0.2, 0.25) is 5.28 Å². The van der Waals surface area contributed by atoms with E-state index in [1.54, 1.807) is 19.1 Å². The highest BCUT2D eigenvalue weighted by atomic mass is 35.5. The van der Waals surface area contributed by atoms with Crippen molar-refractivity contribution >= 4 is 38.3 Å². The highest BCUT2D eigenvalue weighted by molar-refractivity contribution is 7.70. The Kier molecular flexibility index (Phi) is 8.03. The number of benzene rings is 1. The number of nitrogens with zero attached hydrogens (tertiary/aromatic N) is 4. The standard InChI is InChI=1S/C19H23ClFN5O9P2/c1-9(10-2-4-11(21)5-3-10)23-17-18-22-6-12(26(18)25-19(20)24-17)16-15(28)14(27)13(35-16)7-34-37(32,33)8-36(29,30)31/h2-6,9,13-16,27-28H,7-8H2,1H3,(H,32,33)(H,23,24,25)(H2,29,30,31)/t9-,13?,14?,15?,16?/m0/s1. The summed E-state index contributed by atoms with van der Waals surface area (Å²) in [5, 5.41) is 28.0. The lowest BCUT2D eigenvalue weighted by atomic mass is 10.1. The molecule has 1 fully saturated rings. The molecule has 0 amide bonds. The molecule has 1 aliphatic heterocycles. The predicted molar refractivity (Wildman–Crippen MR) is 127 cm³/mol. The van der Waals surface area contributed by atoms with Crippen LogP contribution in [0.5, 0.6) is 0 Å². The number of aliphatic hydroxyl groups excluding tert-OH is 2. The summed E-state index contributed by atoms with van der Waals surface area (Å²) in [6.07, 6.45) is -4.37. The monoisotopic (exact) mass is 581 g/mol. The smallest absolute Gasteiger partial charge is 0.340 e. The Morgan fingerprint density at radius 2 is 1.89 bits per heavy atom. The Labute approximate surface area is 213 Å². The van der Waals surface area contributed by atoms with Crippen molar-refractivity contribution < 1.29 is 47.7 Å². The van der Waals surface area contributed by atoms with Crippen molar-refractivity contribution in [2.24, 2.45) is 0 Å². The summed E-state index contributed by atoms with van der Waals surface area (Å²) in [5.41, 5.74) is 1.11. The lowest BCUT2D eigenvalue weighted by Crippen LogP contribution is -2.33. The zero-order chi connectivity index (χ0) is 27.1. The molecule has 37 heavy (non-hydrogen) atoms. The second kappa shape index (κ2) is 10.6. The second-order valence-electron chi connectivity index (χ2n) is 8.38. The molecule has 2 aromatic heterocycles. The first-order valence-electron chi connectivity index (χ1n) is 10.7. The van der Waals surface area contributed by atoms with Gasteiger partial charge in [-0.2, -0.15) is 4.98 Å². The van der Waals surface area contributed by atoms with Crippen molar-refractivity contribution in [1.82, 2.24) is 19.6 Å². The van der Waals surface area contributed by atoms with E-state index < -0.39 is 52.1 Å². The van der Waals surface area contributed by atoms with Crippen LogP contribution in [0.15, 0.2) is 30.5 Å². The number of imidazole rings is 1. The largest absolute Gasteiger partial charge is 0.387 e. The summed E-state index contributed by atoms with van der Waals surface area (Å²) < 4.78 is 47.8. The van der Waals surface area contributed by atoms with Gasteiger partial charge >= 0.3 is 15.2 Å². The van der Waals surface area contributed by atoms with Gasteiger partial charge in [-0.1, -0.05) is 12.1 Å². The van der Waals surface area contributed by atoms with Gasteiger partial charge in [0.25, 0.3) is 0 Å². The number of nitrogens with one attached hydrogen (secondary N) is 1. The zero-order valence-corrected chi connectivity index (χ0v) is 21.5. The van der Waals surface area contributed by atoms with E-state index in [2.05, 4.69) is 20.4 Å². The topological polar surface area (TPSA) is 209 Å². The van der Waals surface area contributed by atoms with E-state index in [1.807, 2.05) is 0 Å². The molecule has 6 N–H and O–H groups in total. The Morgan fingerprint density at radius 3 is 2.54 bits per heavy atom. The van der Waals surface area contributed by atoms with Crippen LogP contribution in [0.1, 0.15) is 30.3 Å². The number of aromatic nitrogens is 4. The third kappa shape index (κ3) is 6.52. The molecular formula is C19H23ClFN5O9P2. The normalized spacial score (nSPS) is 24.8. The molecule has 0 radical (unpaired) electrons. The van der Waals surface area contributed by atoms with Crippen LogP contribution in [-0.4, -0.2) is 75.3 Å². The fourth-order valence-corrected chi connectivity index (χ4v) is 6.53. The summed E-state index contributed by atoms with van der Waals surface area (Å²) in [6.45, 7) is 1.07. The van der Waals surface area contributed by atoms with Gasteiger partial charge in [-0.25, -0.2) is 13.9 Å². The molecule has 0 bridgehead atoms. The summed E-state index contributed by atoms with van der Waals surface area (Å²) in [6, 6.07) is 5.49. The molecule has 18 heteroatoms. The number of anilines is 1. The minimum Gasteiger partial charge on any atom is -0.387 e. The lowest BCUT2D eigenvalue weighted by Gasteiger charge is -2.18. The number of rotatable bonds is 9. The Morgan fingerprint density at radius 1 is 1.22 bits per heavy atom. The summed E-state index contributed by atoms with van der Waals surface area (Å²) in [4.78, 5) is 35.9. The Bertz CT molecular complexity index is 1370. The predicted octanol–water partition coefficient (Wildman–Crippen LogP) is 1.59. The molecule has 3 heterocycles. The summed E-state index contributed by atoms with van der Waals surface area (Å²) in [5.74, 6) is -1.58. The number of hydrogen-bond donors (Lipinski definition) is 6. The van der Waals surface area contributed by atoms with Crippen molar-refractivity contribution in [3.05, 3.63) is 52.8 Å². The van der Waals surface area contributed by atoms with Crippen molar-refractivity contribution in [2.75, 3.05) is 17.8 Å². The SMILES string of the molecule is C[C@H](Nc1nc(Cl)nn2c(C3OC(COP(=O)(O)CP(=O)(O)O)C(O)C3O)cnc12)c1ccc(F)cc1. The van der Waals surface area contributed by atoms with Crippen LogP contribution in [0.4, 0.5) is 10.2 Å². The van der Waals surface area contributed by atoms with Gasteiger partial charge in [-0.15, -0.1) is 5.10 Å². The van der Waals surface area contributed by atoms with Crippen molar-refractivity contribution in [3.63, 3.8) is 0 Å². The molecule has 3 aromatic rings. The van der Waals surface area contributed by atoms with Crippen LogP contribution < -0.4 is 5.32 Å². The van der Waals surface area contributed by atoms with E-state index in [0.717, 1.165) is 5.56 Å². The first-order chi connectivity index (χ1) is 17.2. The van der Waals surface area contributed by atoms with Crippen molar-refractivity contribution in [3.8, 4) is 0 Å². The van der Waals surface area contributed by atoms with Crippen LogP contribution in [0, 0.1) is 5.82 Å². The molecule has 1 aliphatic rings. The van der Waals surface area contributed by atoms with E-state index in [4.69, 9.17) is 30.6 Å². The minimum absolute atomic E-state index is 0.160. The first-order valence-corrected chi connectivity index (χ1v) is 14.6. The molecule has 1 saturated heterocycles. The molecule has 5 unspecified atom stereocenters. The Hall–Kier alpha value is -2.03. The molecule has 202 valence electrons. The van der Waals surface area contributed by atoms with Gasteiger partial charge in [0.05, 0.1) is 24.5 Å². The van der Waals surface area contributed by atoms with E-state index in [0.29, 0.717) is 0 Å². The van der Waals surface area contributed by atoms with Gasteiger partial charge < -0.3 is 39.5 Å². The first kappa shape index (κ1) is 28.0. The van der Waals surface area contributed by atoms with Gasteiger partial charge in [0.1, 0.15) is 30.2 Å². The number of ether oxygens (including phenoxy) is 1. The second-order valence-corrected chi connectivity index (χ2v) is 12.7. The third-order valence-electron chi connectivity index (χ3n) is 5.54. The lowest BCUT2D eigenvalue weighted by molar-refractivity contribution is -0.0204. The minimum atomic E-state index is -4.85. The maximum absolute atomic E-state index is 13.3. The molecule has 0 spiro atoms. The van der Waals surface area contributed by atoms with Crippen LogP contribution in [-0.2, 0) is 18.4 Å². The number of fused-ring (bicyclic) bond motifs is 1. The third-order valence-corrected chi connectivity index (χ3v) is 9.16. The van der Waals surface area contributed by atoms with E-state index >= 15 is 0 Å². The number of aliphatic hydroxyl groups is 2. The van der Waals surface area contributed by atoms with Crippen LogP contribution >= 0.6 is 26.8 Å². The van der Waals surface area contributed by atoms with Gasteiger partial charge in [0.15, 0.2) is 17.4 Å². The number of hydrogen-bond acceptors (Lipinski definition) is 10. The molecule has 14 nitrogen and oxygen atoms in total. The highest BCUT2D eigenvalue weighted by Crippen LogP contribution is 2.55. The molecule has 4 rings (SSSR count). The van der Waals surface area contributed by atoms with E-state index in [9.17, 15) is 28.6 Å². The van der Waals surface area contributed by atoms with E-state index in [-0.39, 0.29) is 34.3 Å². The fourth-order valence-electron chi connectivity index (χ4n) is 3.80.